The predicted octanol–water partition coefficient (Wildman–Crippen LogP) is 3.30. The molecule has 0 aliphatic carbocycles. The highest BCUT2D eigenvalue weighted by Gasteiger charge is 2.25. The van der Waals surface area contributed by atoms with Gasteiger partial charge in [0.25, 0.3) is 0 Å². The fourth-order valence-corrected chi connectivity index (χ4v) is 5.63. The number of morpholine rings is 2. The van der Waals surface area contributed by atoms with Gasteiger partial charge in [0, 0.05) is 62.4 Å². The number of carbonyl (C=O) groups is 1. The number of hydrogen-bond donors (Lipinski definition) is 1. The van der Waals surface area contributed by atoms with E-state index in [0.717, 1.165) is 63.5 Å². The fraction of sp³-hybridized carbons (Fsp3) is 0.438. The predicted molar refractivity (Wildman–Crippen MR) is 162 cm³/mol. The van der Waals surface area contributed by atoms with E-state index in [1.165, 1.54) is 5.69 Å². The number of nitrogens with one attached hydrogen (secondary N) is 1. The Morgan fingerprint density at radius 3 is 2.40 bits per heavy atom. The van der Waals surface area contributed by atoms with Crippen LogP contribution in [0.5, 0.6) is 5.75 Å². The second-order valence-corrected chi connectivity index (χ2v) is 10.9. The van der Waals surface area contributed by atoms with Crippen molar-refractivity contribution in [1.29, 1.82) is 5.26 Å². The summed E-state index contributed by atoms with van der Waals surface area (Å²) in [6.45, 7) is 7.85. The molecule has 4 heterocycles. The van der Waals surface area contributed by atoms with Crippen LogP contribution in [0.4, 0.5) is 17.3 Å². The Bertz CT molecular complexity index is 1420. The van der Waals surface area contributed by atoms with Gasteiger partial charge in [-0.05, 0) is 61.4 Å². The summed E-state index contributed by atoms with van der Waals surface area (Å²) in [7, 11) is 0. The molecule has 0 spiro atoms. The number of likely N-dealkylation sites (tertiary alicyclic amines) is 1. The van der Waals surface area contributed by atoms with Gasteiger partial charge in [-0.25, -0.2) is 9.97 Å². The number of nitriles is 1. The van der Waals surface area contributed by atoms with Crippen molar-refractivity contribution in [3.05, 3.63) is 60.3 Å². The number of benzene rings is 2. The van der Waals surface area contributed by atoms with Crippen LogP contribution in [0, 0.1) is 11.3 Å². The van der Waals surface area contributed by atoms with Crippen molar-refractivity contribution in [3.8, 4) is 23.1 Å². The molecule has 224 valence electrons. The number of amides is 1. The summed E-state index contributed by atoms with van der Waals surface area (Å²) in [5, 5.41) is 13.2. The molecule has 1 amide bonds. The smallest absolute Gasteiger partial charge is 0.236 e. The first-order valence-corrected chi connectivity index (χ1v) is 15.0. The quantitative estimate of drug-likeness (QED) is 0.424. The Hall–Kier alpha value is -4.24. The van der Waals surface area contributed by atoms with Crippen LogP contribution < -0.4 is 15.0 Å². The zero-order chi connectivity index (χ0) is 29.4. The summed E-state index contributed by atoms with van der Waals surface area (Å²) < 4.78 is 17.1. The summed E-state index contributed by atoms with van der Waals surface area (Å²) in [5.41, 5.74) is 4.05. The molecule has 0 atom stereocenters. The van der Waals surface area contributed by atoms with Gasteiger partial charge in [-0.2, -0.15) is 5.26 Å². The minimum Gasteiger partial charge on any atom is -0.489 e. The van der Waals surface area contributed by atoms with E-state index in [-0.39, 0.29) is 12.0 Å². The molecule has 3 aliphatic rings. The first-order valence-electron chi connectivity index (χ1n) is 15.0. The van der Waals surface area contributed by atoms with Gasteiger partial charge < -0.3 is 29.3 Å². The summed E-state index contributed by atoms with van der Waals surface area (Å²) in [6.07, 6.45) is 3.31. The monoisotopic (exact) mass is 583 g/mol. The van der Waals surface area contributed by atoms with Crippen LogP contribution >= 0.6 is 0 Å². The van der Waals surface area contributed by atoms with Gasteiger partial charge in [-0.15, -0.1) is 0 Å². The van der Waals surface area contributed by atoms with E-state index >= 15 is 0 Å². The maximum absolute atomic E-state index is 12.6. The lowest BCUT2D eigenvalue weighted by molar-refractivity contribution is -0.136. The Kier molecular flexibility index (Phi) is 9.28. The maximum Gasteiger partial charge on any atom is 0.236 e. The molecule has 6 rings (SSSR count). The SMILES string of the molecule is N#Cc1cc(-c2ccnc(Nc3ccc(N4CCOCC4)cc3)n2)ccc1OC1CCN(CC(=O)N2CCOCC2)CC1. The number of carbonyl (C=O) groups excluding carboxylic acids is 1. The Morgan fingerprint density at radius 2 is 1.67 bits per heavy atom. The fourth-order valence-electron chi connectivity index (χ4n) is 5.63. The van der Waals surface area contributed by atoms with Crippen LogP contribution in [0.15, 0.2) is 54.7 Å². The molecule has 1 aromatic heterocycles. The largest absolute Gasteiger partial charge is 0.489 e. The lowest BCUT2D eigenvalue weighted by Gasteiger charge is -2.34. The second-order valence-electron chi connectivity index (χ2n) is 10.9. The number of ether oxygens (including phenoxy) is 3. The van der Waals surface area contributed by atoms with Crippen LogP contribution in [0.2, 0.25) is 0 Å². The molecular weight excluding hydrogens is 546 g/mol. The van der Waals surface area contributed by atoms with Crippen molar-refractivity contribution < 1.29 is 19.0 Å². The number of piperidine rings is 1. The van der Waals surface area contributed by atoms with Crippen molar-refractivity contribution in [2.24, 2.45) is 0 Å². The lowest BCUT2D eigenvalue weighted by atomic mass is 10.1. The van der Waals surface area contributed by atoms with E-state index in [0.29, 0.717) is 55.8 Å². The molecule has 11 heteroatoms. The van der Waals surface area contributed by atoms with E-state index in [9.17, 15) is 10.1 Å². The second kappa shape index (κ2) is 13.8. The van der Waals surface area contributed by atoms with E-state index in [1.54, 1.807) is 6.20 Å². The molecule has 0 radical (unpaired) electrons. The lowest BCUT2D eigenvalue weighted by Crippen LogP contribution is -2.48. The van der Waals surface area contributed by atoms with E-state index in [4.69, 9.17) is 19.2 Å². The Balaban J connectivity index is 1.04. The molecule has 0 saturated carbocycles. The molecule has 0 unspecified atom stereocenters. The van der Waals surface area contributed by atoms with Gasteiger partial charge in [0.15, 0.2) is 0 Å². The Labute approximate surface area is 252 Å². The minimum atomic E-state index is -0.00261. The molecule has 3 saturated heterocycles. The average Bonchev–Trinajstić information content (AvgIpc) is 3.07. The third-order valence-corrected chi connectivity index (χ3v) is 8.10. The number of hydrogen-bond acceptors (Lipinski definition) is 10. The standard InChI is InChI=1S/C32H37N7O4/c33-22-25-21-24(1-6-30(25)43-28-8-11-37(12-9-28)23-31(40)39-15-19-42-20-16-39)29-7-10-34-32(36-29)35-26-2-4-27(5-3-26)38-13-17-41-18-14-38/h1-7,10,21,28H,8-9,11-20,23H2,(H,34,35,36). The normalized spacial score (nSPS) is 18.2. The van der Waals surface area contributed by atoms with Crippen molar-refractivity contribution in [2.45, 2.75) is 18.9 Å². The van der Waals surface area contributed by atoms with Gasteiger partial charge in [0.1, 0.15) is 17.9 Å². The van der Waals surface area contributed by atoms with Gasteiger partial charge in [-0.3, -0.25) is 9.69 Å². The summed E-state index contributed by atoms with van der Waals surface area (Å²) in [4.78, 5) is 28.1. The molecule has 1 N–H and O–H groups in total. The number of rotatable bonds is 8. The van der Waals surface area contributed by atoms with Crippen LogP contribution in [-0.4, -0.2) is 104 Å². The molecule has 3 aliphatic heterocycles. The number of aromatic nitrogens is 2. The molecular formula is C32H37N7O4. The van der Waals surface area contributed by atoms with Crippen LogP contribution in [0.3, 0.4) is 0 Å². The van der Waals surface area contributed by atoms with Crippen molar-refractivity contribution >= 4 is 23.2 Å². The van der Waals surface area contributed by atoms with Crippen LogP contribution in [-0.2, 0) is 14.3 Å². The highest BCUT2D eigenvalue weighted by molar-refractivity contribution is 5.78. The minimum absolute atomic E-state index is 0.00261. The van der Waals surface area contributed by atoms with Gasteiger partial charge >= 0.3 is 0 Å². The third-order valence-electron chi connectivity index (χ3n) is 8.10. The first-order chi connectivity index (χ1) is 21.1. The number of nitrogens with zero attached hydrogens (tertiary/aromatic N) is 6. The molecule has 43 heavy (non-hydrogen) atoms. The molecule has 2 aromatic carbocycles. The number of anilines is 3. The molecule has 3 aromatic rings. The first kappa shape index (κ1) is 28.9. The zero-order valence-electron chi connectivity index (χ0n) is 24.3. The van der Waals surface area contributed by atoms with E-state index in [2.05, 4.69) is 38.3 Å². The summed E-state index contributed by atoms with van der Waals surface area (Å²) in [6, 6.07) is 17.9. The van der Waals surface area contributed by atoms with Gasteiger partial charge in [0.05, 0.1) is 44.2 Å². The van der Waals surface area contributed by atoms with Crippen molar-refractivity contribution in [3.63, 3.8) is 0 Å². The van der Waals surface area contributed by atoms with E-state index < -0.39 is 0 Å². The van der Waals surface area contributed by atoms with Gasteiger partial charge in [0.2, 0.25) is 11.9 Å². The van der Waals surface area contributed by atoms with Crippen molar-refractivity contribution in [2.75, 3.05) is 82.5 Å². The molecule has 11 nitrogen and oxygen atoms in total. The highest BCUT2D eigenvalue weighted by Crippen LogP contribution is 2.29. The molecule has 0 bridgehead atoms. The van der Waals surface area contributed by atoms with Crippen LogP contribution in [0.25, 0.3) is 11.3 Å². The maximum atomic E-state index is 12.6. The van der Waals surface area contributed by atoms with Crippen molar-refractivity contribution in [1.82, 2.24) is 19.8 Å². The summed E-state index contributed by atoms with van der Waals surface area (Å²) in [5.74, 6) is 1.21. The van der Waals surface area contributed by atoms with Crippen LogP contribution in [0.1, 0.15) is 18.4 Å². The zero-order valence-corrected chi connectivity index (χ0v) is 24.3. The topological polar surface area (TPSA) is 116 Å². The van der Waals surface area contributed by atoms with Gasteiger partial charge in [-0.1, -0.05) is 0 Å². The molecule has 3 fully saturated rings. The highest BCUT2D eigenvalue weighted by atomic mass is 16.5. The Morgan fingerprint density at radius 1 is 0.953 bits per heavy atom. The van der Waals surface area contributed by atoms with E-state index in [1.807, 2.05) is 41.3 Å². The third kappa shape index (κ3) is 7.40. The average molecular weight is 584 g/mol. The summed E-state index contributed by atoms with van der Waals surface area (Å²) >= 11 is 0.